The zero-order valence-electron chi connectivity index (χ0n) is 18.2. The van der Waals surface area contributed by atoms with Gasteiger partial charge in [0.25, 0.3) is 0 Å². The monoisotopic (exact) mass is 412 g/mol. The van der Waals surface area contributed by atoms with Crippen molar-refractivity contribution in [1.29, 1.82) is 0 Å². The van der Waals surface area contributed by atoms with Crippen LogP contribution in [-0.4, -0.2) is 29.4 Å². The fraction of sp³-hybridized carbons (Fsp3) is 0.400. The molecule has 2 aromatic carbocycles. The van der Waals surface area contributed by atoms with Crippen molar-refractivity contribution in [2.75, 3.05) is 13.2 Å². The number of benzene rings is 2. The van der Waals surface area contributed by atoms with E-state index in [9.17, 15) is 15.0 Å². The summed E-state index contributed by atoms with van der Waals surface area (Å²) < 4.78 is 11.1. The first-order valence-electron chi connectivity index (χ1n) is 10.3. The van der Waals surface area contributed by atoms with Gasteiger partial charge in [-0.05, 0) is 68.0 Å². The van der Waals surface area contributed by atoms with Gasteiger partial charge in [-0.2, -0.15) is 0 Å². The summed E-state index contributed by atoms with van der Waals surface area (Å²) in [6, 6.07) is 12.1. The molecule has 0 saturated heterocycles. The SMILES string of the molecule is CC(C)COC(=O)C(C)(C)CCCOc1ccc(/C=C/c2cc(O)cc(O)c2)cc1. The Bertz CT molecular complexity index is 830. The van der Waals surface area contributed by atoms with Crippen LogP contribution in [0.25, 0.3) is 12.2 Å². The molecule has 0 aliphatic carbocycles. The molecule has 0 spiro atoms. The fourth-order valence-corrected chi connectivity index (χ4v) is 2.83. The van der Waals surface area contributed by atoms with Gasteiger partial charge in [0, 0.05) is 6.07 Å². The van der Waals surface area contributed by atoms with E-state index in [0.29, 0.717) is 31.1 Å². The Labute approximate surface area is 179 Å². The zero-order valence-corrected chi connectivity index (χ0v) is 18.2. The molecule has 0 aliphatic heterocycles. The Morgan fingerprint density at radius 3 is 2.20 bits per heavy atom. The Kier molecular flexibility index (Phi) is 8.34. The lowest BCUT2D eigenvalue weighted by atomic mass is 9.88. The van der Waals surface area contributed by atoms with Crippen LogP contribution in [0.15, 0.2) is 42.5 Å². The Morgan fingerprint density at radius 1 is 1.00 bits per heavy atom. The summed E-state index contributed by atoms with van der Waals surface area (Å²) in [5, 5.41) is 19.0. The molecule has 0 atom stereocenters. The highest BCUT2D eigenvalue weighted by atomic mass is 16.5. The van der Waals surface area contributed by atoms with E-state index < -0.39 is 5.41 Å². The van der Waals surface area contributed by atoms with Gasteiger partial charge in [0.2, 0.25) is 0 Å². The van der Waals surface area contributed by atoms with E-state index in [4.69, 9.17) is 9.47 Å². The molecular weight excluding hydrogens is 380 g/mol. The highest BCUT2D eigenvalue weighted by molar-refractivity contribution is 5.75. The molecule has 0 heterocycles. The Balaban J connectivity index is 1.79. The maximum absolute atomic E-state index is 12.2. The predicted octanol–water partition coefficient (Wildman–Crippen LogP) is 5.65. The van der Waals surface area contributed by atoms with E-state index in [1.807, 2.05) is 64.1 Å². The third-order valence-electron chi connectivity index (χ3n) is 4.59. The molecule has 2 rings (SSSR count). The molecule has 0 aliphatic rings. The van der Waals surface area contributed by atoms with E-state index in [0.717, 1.165) is 17.7 Å². The molecular formula is C25H32O5. The number of phenols is 2. The number of carbonyl (C=O) groups excluding carboxylic acids is 1. The second-order valence-electron chi connectivity index (χ2n) is 8.51. The lowest BCUT2D eigenvalue weighted by Crippen LogP contribution is -2.28. The van der Waals surface area contributed by atoms with E-state index in [-0.39, 0.29) is 17.5 Å². The van der Waals surface area contributed by atoms with Crippen LogP contribution in [0, 0.1) is 11.3 Å². The van der Waals surface area contributed by atoms with Crippen LogP contribution in [-0.2, 0) is 9.53 Å². The average molecular weight is 413 g/mol. The first kappa shape index (κ1) is 23.3. The van der Waals surface area contributed by atoms with Gasteiger partial charge in [-0.15, -0.1) is 0 Å². The Morgan fingerprint density at radius 2 is 1.60 bits per heavy atom. The summed E-state index contributed by atoms with van der Waals surface area (Å²) in [5.41, 5.74) is 1.16. The van der Waals surface area contributed by atoms with Crippen LogP contribution in [0.1, 0.15) is 51.7 Å². The van der Waals surface area contributed by atoms with E-state index in [1.54, 1.807) is 12.1 Å². The number of hydrogen-bond donors (Lipinski definition) is 2. The van der Waals surface area contributed by atoms with Crippen LogP contribution in [0.2, 0.25) is 0 Å². The number of ether oxygens (including phenoxy) is 2. The van der Waals surface area contributed by atoms with Gasteiger partial charge in [-0.25, -0.2) is 0 Å². The van der Waals surface area contributed by atoms with Crippen LogP contribution in [0.5, 0.6) is 17.2 Å². The number of esters is 1. The van der Waals surface area contributed by atoms with Gasteiger partial charge in [-0.1, -0.05) is 38.1 Å². The molecule has 30 heavy (non-hydrogen) atoms. The third-order valence-corrected chi connectivity index (χ3v) is 4.59. The lowest BCUT2D eigenvalue weighted by Gasteiger charge is -2.23. The van der Waals surface area contributed by atoms with Crippen molar-refractivity contribution in [3.05, 3.63) is 53.6 Å². The van der Waals surface area contributed by atoms with Crippen LogP contribution < -0.4 is 4.74 Å². The summed E-state index contributed by atoms with van der Waals surface area (Å²) in [7, 11) is 0. The van der Waals surface area contributed by atoms with Gasteiger partial charge in [0.05, 0.1) is 18.6 Å². The number of phenolic OH excluding ortho intramolecular Hbond substituents is 2. The van der Waals surface area contributed by atoms with Gasteiger partial charge in [0.1, 0.15) is 17.2 Å². The quantitative estimate of drug-likeness (QED) is 0.299. The average Bonchev–Trinajstić information content (AvgIpc) is 2.68. The number of aromatic hydroxyl groups is 2. The van der Waals surface area contributed by atoms with Crippen LogP contribution in [0.3, 0.4) is 0 Å². The molecule has 0 amide bonds. The number of rotatable bonds is 10. The van der Waals surface area contributed by atoms with Gasteiger partial charge < -0.3 is 19.7 Å². The highest BCUT2D eigenvalue weighted by Crippen LogP contribution is 2.25. The van der Waals surface area contributed by atoms with Gasteiger partial charge in [0.15, 0.2) is 0 Å². The van der Waals surface area contributed by atoms with Crippen molar-refractivity contribution in [3.63, 3.8) is 0 Å². The topological polar surface area (TPSA) is 76.0 Å². The van der Waals surface area contributed by atoms with Crippen LogP contribution >= 0.6 is 0 Å². The van der Waals surface area contributed by atoms with Crippen molar-refractivity contribution in [2.45, 2.75) is 40.5 Å². The molecule has 0 aromatic heterocycles. The molecule has 2 aromatic rings. The molecule has 0 radical (unpaired) electrons. The van der Waals surface area contributed by atoms with E-state index >= 15 is 0 Å². The third kappa shape index (κ3) is 7.82. The molecule has 0 fully saturated rings. The first-order chi connectivity index (χ1) is 14.2. The van der Waals surface area contributed by atoms with Gasteiger partial charge >= 0.3 is 5.97 Å². The van der Waals surface area contributed by atoms with E-state index in [1.165, 1.54) is 6.07 Å². The minimum atomic E-state index is -0.521. The second kappa shape index (κ2) is 10.7. The maximum Gasteiger partial charge on any atom is 0.311 e. The van der Waals surface area contributed by atoms with Crippen LogP contribution in [0.4, 0.5) is 0 Å². The predicted molar refractivity (Wildman–Crippen MR) is 119 cm³/mol. The molecule has 0 unspecified atom stereocenters. The smallest absolute Gasteiger partial charge is 0.311 e. The molecule has 162 valence electrons. The standard InChI is InChI=1S/C25H32O5/c1-18(2)17-30-24(28)25(3,4)12-5-13-29-23-10-8-19(9-11-23)6-7-20-14-21(26)16-22(27)15-20/h6-11,14-16,18,26-27H,5,12-13,17H2,1-4H3/b7-6+. The zero-order chi connectivity index (χ0) is 22.1. The number of carbonyl (C=O) groups is 1. The summed E-state index contributed by atoms with van der Waals surface area (Å²) in [6.07, 6.45) is 5.16. The van der Waals surface area contributed by atoms with Crippen molar-refractivity contribution >= 4 is 18.1 Å². The molecule has 0 bridgehead atoms. The largest absolute Gasteiger partial charge is 0.508 e. The van der Waals surface area contributed by atoms with Crippen molar-refractivity contribution in [2.24, 2.45) is 11.3 Å². The summed E-state index contributed by atoms with van der Waals surface area (Å²) in [5.74, 6) is 0.983. The number of hydrogen-bond acceptors (Lipinski definition) is 5. The van der Waals surface area contributed by atoms with E-state index in [2.05, 4.69) is 0 Å². The highest BCUT2D eigenvalue weighted by Gasteiger charge is 2.29. The fourth-order valence-electron chi connectivity index (χ4n) is 2.83. The van der Waals surface area contributed by atoms with Crippen molar-refractivity contribution in [3.8, 4) is 17.2 Å². The summed E-state index contributed by atoms with van der Waals surface area (Å²) >= 11 is 0. The normalized spacial score (nSPS) is 11.8. The summed E-state index contributed by atoms with van der Waals surface area (Å²) in [4.78, 5) is 12.2. The molecule has 2 N–H and O–H groups in total. The first-order valence-corrected chi connectivity index (χ1v) is 10.3. The molecule has 0 saturated carbocycles. The lowest BCUT2D eigenvalue weighted by molar-refractivity contribution is -0.155. The second-order valence-corrected chi connectivity index (χ2v) is 8.51. The van der Waals surface area contributed by atoms with Crippen molar-refractivity contribution < 1.29 is 24.5 Å². The maximum atomic E-state index is 12.2. The van der Waals surface area contributed by atoms with Gasteiger partial charge in [-0.3, -0.25) is 4.79 Å². The minimum absolute atomic E-state index is 0.0229. The minimum Gasteiger partial charge on any atom is -0.508 e. The summed E-state index contributed by atoms with van der Waals surface area (Å²) in [6.45, 7) is 8.83. The Hall–Kier alpha value is -2.95. The van der Waals surface area contributed by atoms with Crippen molar-refractivity contribution in [1.82, 2.24) is 0 Å². The molecule has 5 heteroatoms. The molecule has 5 nitrogen and oxygen atoms in total.